The average Bonchev–Trinajstić information content (AvgIpc) is 3.05. The molecule has 0 aliphatic carbocycles. The van der Waals surface area contributed by atoms with Crippen molar-refractivity contribution in [3.8, 4) is 0 Å². The highest BCUT2D eigenvalue weighted by atomic mass is 32.1. The van der Waals surface area contributed by atoms with E-state index in [0.29, 0.717) is 13.2 Å². The van der Waals surface area contributed by atoms with Crippen LogP contribution in [0.5, 0.6) is 0 Å². The first-order valence-electron chi connectivity index (χ1n) is 7.28. The molecule has 1 heterocycles. The molecule has 1 aromatic carbocycles. The summed E-state index contributed by atoms with van der Waals surface area (Å²) in [6.45, 7) is 4.97. The van der Waals surface area contributed by atoms with Gasteiger partial charge in [-0.15, -0.1) is 11.3 Å². The highest BCUT2D eigenvalue weighted by Crippen LogP contribution is 2.18. The van der Waals surface area contributed by atoms with Crippen LogP contribution in [-0.4, -0.2) is 24.4 Å². The molecule has 1 aromatic heterocycles. The number of aliphatic hydroxyl groups excluding tert-OH is 1. The smallest absolute Gasteiger partial charge is 0.0898 e. The van der Waals surface area contributed by atoms with Gasteiger partial charge in [-0.3, -0.25) is 0 Å². The molecule has 21 heavy (non-hydrogen) atoms. The Morgan fingerprint density at radius 3 is 2.57 bits per heavy atom. The zero-order chi connectivity index (χ0) is 15.1. The Hall–Kier alpha value is -1.20. The van der Waals surface area contributed by atoms with Crippen molar-refractivity contribution in [3.05, 3.63) is 58.3 Å². The van der Waals surface area contributed by atoms with Crippen molar-refractivity contribution < 1.29 is 9.84 Å². The second-order valence-corrected chi connectivity index (χ2v) is 6.16. The zero-order valence-corrected chi connectivity index (χ0v) is 13.3. The van der Waals surface area contributed by atoms with Gasteiger partial charge >= 0.3 is 0 Å². The first-order chi connectivity index (χ1) is 10.2. The molecule has 2 N–H and O–H groups in total. The monoisotopic (exact) mass is 305 g/mol. The summed E-state index contributed by atoms with van der Waals surface area (Å²) in [5.41, 5.74) is 1.13. The summed E-state index contributed by atoms with van der Waals surface area (Å²) in [6.07, 6.45) is -0.505. The topological polar surface area (TPSA) is 41.5 Å². The number of ether oxygens (including phenoxy) is 1. The zero-order valence-electron chi connectivity index (χ0n) is 12.5. The van der Waals surface area contributed by atoms with E-state index in [2.05, 4.69) is 23.7 Å². The van der Waals surface area contributed by atoms with Gasteiger partial charge in [-0.2, -0.15) is 0 Å². The van der Waals surface area contributed by atoms with E-state index in [4.69, 9.17) is 4.74 Å². The first-order valence-corrected chi connectivity index (χ1v) is 8.16. The van der Waals surface area contributed by atoms with Gasteiger partial charge in [0.1, 0.15) is 0 Å². The van der Waals surface area contributed by atoms with Crippen LogP contribution in [0.1, 0.15) is 36.4 Å². The molecule has 2 unspecified atom stereocenters. The molecule has 2 rings (SSSR count). The van der Waals surface area contributed by atoms with Crippen molar-refractivity contribution in [2.24, 2.45) is 0 Å². The molecule has 0 saturated heterocycles. The van der Waals surface area contributed by atoms with E-state index >= 15 is 0 Å². The number of hydrogen-bond donors (Lipinski definition) is 2. The molecular weight excluding hydrogens is 282 g/mol. The maximum Gasteiger partial charge on any atom is 0.0898 e. The van der Waals surface area contributed by atoms with E-state index < -0.39 is 6.10 Å². The van der Waals surface area contributed by atoms with Crippen molar-refractivity contribution >= 4 is 11.3 Å². The Kier molecular flexibility index (Phi) is 6.39. The van der Waals surface area contributed by atoms with Gasteiger partial charge < -0.3 is 15.2 Å². The van der Waals surface area contributed by atoms with Gasteiger partial charge in [-0.05, 0) is 30.9 Å². The predicted octanol–water partition coefficient (Wildman–Crippen LogP) is 3.54. The summed E-state index contributed by atoms with van der Waals surface area (Å²) < 4.78 is 5.73. The minimum Gasteiger partial charge on any atom is -0.389 e. The lowest BCUT2D eigenvalue weighted by Gasteiger charge is -2.19. The molecule has 114 valence electrons. The van der Waals surface area contributed by atoms with E-state index in [1.165, 1.54) is 4.88 Å². The van der Waals surface area contributed by atoms with Gasteiger partial charge in [0.25, 0.3) is 0 Å². The average molecular weight is 305 g/mol. The fraction of sp³-hybridized carbons (Fsp3) is 0.412. The van der Waals surface area contributed by atoms with E-state index in [0.717, 1.165) is 5.56 Å². The molecular formula is C17H23NO2S. The van der Waals surface area contributed by atoms with E-state index in [1.54, 1.807) is 11.3 Å². The second kappa shape index (κ2) is 8.29. The van der Waals surface area contributed by atoms with E-state index in [1.807, 2.05) is 43.3 Å². The molecule has 0 aliphatic heterocycles. The summed E-state index contributed by atoms with van der Waals surface area (Å²) in [5, 5.41) is 15.4. The lowest BCUT2D eigenvalue weighted by atomic mass is 10.1. The van der Waals surface area contributed by atoms with Crippen molar-refractivity contribution in [3.63, 3.8) is 0 Å². The molecule has 2 aromatic rings. The fourth-order valence-electron chi connectivity index (χ4n) is 2.09. The van der Waals surface area contributed by atoms with Crippen LogP contribution in [0.25, 0.3) is 0 Å². The van der Waals surface area contributed by atoms with E-state index in [9.17, 15) is 5.11 Å². The van der Waals surface area contributed by atoms with Gasteiger partial charge in [-0.1, -0.05) is 36.4 Å². The first kappa shape index (κ1) is 16.2. The van der Waals surface area contributed by atoms with Crippen LogP contribution in [0.15, 0.2) is 47.8 Å². The van der Waals surface area contributed by atoms with Gasteiger partial charge in [0.2, 0.25) is 0 Å². The van der Waals surface area contributed by atoms with Crippen LogP contribution in [0.4, 0.5) is 0 Å². The molecule has 3 atom stereocenters. The van der Waals surface area contributed by atoms with E-state index in [-0.39, 0.29) is 12.1 Å². The van der Waals surface area contributed by atoms with Crippen molar-refractivity contribution in [1.82, 2.24) is 5.32 Å². The quantitative estimate of drug-likeness (QED) is 0.784. The Labute approximate surface area is 130 Å². The Morgan fingerprint density at radius 2 is 1.90 bits per heavy atom. The third-order valence-corrected chi connectivity index (χ3v) is 4.49. The number of rotatable bonds is 8. The summed E-state index contributed by atoms with van der Waals surface area (Å²) in [4.78, 5) is 1.28. The summed E-state index contributed by atoms with van der Waals surface area (Å²) in [5.74, 6) is 0. The van der Waals surface area contributed by atoms with Gasteiger partial charge in [0, 0.05) is 17.5 Å². The summed E-state index contributed by atoms with van der Waals surface area (Å²) >= 11 is 1.72. The molecule has 3 nitrogen and oxygen atoms in total. The SMILES string of the molecule is CC(OCC(O)CN[C@H](C)c1cccs1)c1ccccc1. The van der Waals surface area contributed by atoms with Crippen LogP contribution in [0, 0.1) is 0 Å². The largest absolute Gasteiger partial charge is 0.389 e. The number of hydrogen-bond acceptors (Lipinski definition) is 4. The Bertz CT molecular complexity index is 501. The highest BCUT2D eigenvalue weighted by molar-refractivity contribution is 7.10. The third-order valence-electron chi connectivity index (χ3n) is 3.44. The van der Waals surface area contributed by atoms with Crippen molar-refractivity contribution in [2.45, 2.75) is 32.1 Å². The summed E-state index contributed by atoms with van der Waals surface area (Å²) in [6, 6.07) is 14.4. The standard InChI is InChI=1S/C17H23NO2S/c1-13(17-9-6-10-21-17)18-11-16(19)12-20-14(2)15-7-4-3-5-8-15/h3-10,13-14,16,18-19H,11-12H2,1-2H3/t13-,14?,16?/m1/s1. The highest BCUT2D eigenvalue weighted by Gasteiger charge is 2.12. The van der Waals surface area contributed by atoms with Crippen LogP contribution >= 0.6 is 11.3 Å². The third kappa shape index (κ3) is 5.25. The van der Waals surface area contributed by atoms with Gasteiger partial charge in [0.15, 0.2) is 0 Å². The Morgan fingerprint density at radius 1 is 1.14 bits per heavy atom. The maximum atomic E-state index is 10.0. The molecule has 0 fully saturated rings. The molecule has 0 aliphatic rings. The molecule has 0 amide bonds. The molecule has 0 saturated carbocycles. The minimum absolute atomic E-state index is 0.00410. The fourth-order valence-corrected chi connectivity index (χ4v) is 2.84. The number of thiophene rings is 1. The number of benzene rings is 1. The second-order valence-electron chi connectivity index (χ2n) is 5.19. The minimum atomic E-state index is -0.501. The Balaban J connectivity index is 1.69. The lowest BCUT2D eigenvalue weighted by Crippen LogP contribution is -2.32. The molecule has 0 spiro atoms. The summed E-state index contributed by atoms with van der Waals surface area (Å²) in [7, 11) is 0. The molecule has 0 bridgehead atoms. The van der Waals surface area contributed by atoms with Crippen LogP contribution in [-0.2, 0) is 4.74 Å². The van der Waals surface area contributed by atoms with Crippen molar-refractivity contribution in [1.29, 1.82) is 0 Å². The van der Waals surface area contributed by atoms with Crippen molar-refractivity contribution in [2.75, 3.05) is 13.2 Å². The predicted molar refractivity (Wildman–Crippen MR) is 87.6 cm³/mol. The maximum absolute atomic E-state index is 10.0. The normalized spacial score (nSPS) is 15.6. The van der Waals surface area contributed by atoms with Crippen LogP contribution < -0.4 is 5.32 Å². The number of nitrogens with one attached hydrogen (secondary N) is 1. The molecule has 0 radical (unpaired) electrons. The lowest BCUT2D eigenvalue weighted by molar-refractivity contribution is -0.00273. The molecule has 4 heteroatoms. The van der Waals surface area contributed by atoms with Crippen LogP contribution in [0.3, 0.4) is 0 Å². The van der Waals surface area contributed by atoms with Gasteiger partial charge in [0.05, 0.1) is 18.8 Å². The van der Waals surface area contributed by atoms with Crippen LogP contribution in [0.2, 0.25) is 0 Å². The number of aliphatic hydroxyl groups is 1. The van der Waals surface area contributed by atoms with Gasteiger partial charge in [-0.25, -0.2) is 0 Å².